The zero-order chi connectivity index (χ0) is 24.7. The minimum atomic E-state index is -0.977. The molecule has 1 N–H and O–H groups in total. The van der Waals surface area contributed by atoms with E-state index in [1.807, 2.05) is 6.07 Å². The summed E-state index contributed by atoms with van der Waals surface area (Å²) < 4.78 is 11.1. The number of rotatable bonds is 5. The van der Waals surface area contributed by atoms with Gasteiger partial charge in [-0.2, -0.15) is 5.26 Å². The van der Waals surface area contributed by atoms with Crippen LogP contribution in [-0.4, -0.2) is 28.9 Å². The molecule has 1 atom stereocenters. The number of aromatic nitrogens is 1. The molecule has 0 saturated carbocycles. The van der Waals surface area contributed by atoms with Crippen molar-refractivity contribution in [1.82, 2.24) is 4.98 Å². The first-order valence-electron chi connectivity index (χ1n) is 10.4. The maximum atomic E-state index is 13.7. The van der Waals surface area contributed by atoms with E-state index in [-0.39, 0.29) is 11.3 Å². The third kappa shape index (κ3) is 3.68. The molecule has 0 fully saturated rings. The Morgan fingerprint density at radius 3 is 2.66 bits per heavy atom. The number of pyridine rings is 1. The first kappa shape index (κ1) is 22.2. The lowest BCUT2D eigenvalue weighted by Crippen LogP contribution is -2.31. The standard InChI is InChI=1S/C26H16ClN3O5/c1-34-20-11-17(27)9-16-10-19(35-25(16)20)23(31)21-22(15-3-2-8-29-13-15)30(26(33)24(21)32)18-6-4-14(12-28)5-7-18/h2-11,13,22,32H,1H3. The van der Waals surface area contributed by atoms with Crippen molar-refractivity contribution in [2.45, 2.75) is 6.04 Å². The van der Waals surface area contributed by atoms with Gasteiger partial charge in [-0.15, -0.1) is 0 Å². The molecule has 0 radical (unpaired) electrons. The van der Waals surface area contributed by atoms with Crippen LogP contribution in [0.25, 0.3) is 11.0 Å². The van der Waals surface area contributed by atoms with Crippen LogP contribution < -0.4 is 9.64 Å². The van der Waals surface area contributed by atoms with Gasteiger partial charge in [0, 0.05) is 34.6 Å². The number of Topliss-reactive ketones (excluding diaryl/α,β-unsaturated/α-hetero) is 1. The van der Waals surface area contributed by atoms with Crippen molar-refractivity contribution in [3.8, 4) is 11.8 Å². The Labute approximate surface area is 204 Å². The van der Waals surface area contributed by atoms with Crippen molar-refractivity contribution < 1.29 is 23.8 Å². The number of aliphatic hydroxyl groups excluding tert-OH is 1. The summed E-state index contributed by atoms with van der Waals surface area (Å²) in [6, 6.07) is 15.3. The number of hydrogen-bond donors (Lipinski definition) is 1. The van der Waals surface area contributed by atoms with Crippen molar-refractivity contribution in [3.05, 3.63) is 100 Å². The van der Waals surface area contributed by atoms with Crippen molar-refractivity contribution in [2.24, 2.45) is 0 Å². The SMILES string of the molecule is COc1cc(Cl)cc2cc(C(=O)C3=C(O)C(=O)N(c4ccc(C#N)cc4)C3c3cccnc3)oc12. The maximum absolute atomic E-state index is 13.7. The van der Waals surface area contributed by atoms with E-state index < -0.39 is 23.5 Å². The number of benzene rings is 2. The number of nitriles is 1. The Kier molecular flexibility index (Phi) is 5.47. The zero-order valence-electron chi connectivity index (χ0n) is 18.2. The number of fused-ring (bicyclic) bond motifs is 1. The lowest BCUT2D eigenvalue weighted by atomic mass is 9.96. The predicted octanol–water partition coefficient (Wildman–Crippen LogP) is 5.14. The summed E-state index contributed by atoms with van der Waals surface area (Å²) in [6.45, 7) is 0. The zero-order valence-corrected chi connectivity index (χ0v) is 19.0. The molecule has 8 nitrogen and oxygen atoms in total. The molecule has 172 valence electrons. The highest BCUT2D eigenvalue weighted by atomic mass is 35.5. The van der Waals surface area contributed by atoms with Gasteiger partial charge in [0.1, 0.15) is 0 Å². The molecule has 4 aromatic rings. The lowest BCUT2D eigenvalue weighted by Gasteiger charge is -2.26. The third-order valence-electron chi connectivity index (χ3n) is 5.72. The summed E-state index contributed by atoms with van der Waals surface area (Å²) in [6.07, 6.45) is 3.08. The van der Waals surface area contributed by atoms with Crippen molar-refractivity contribution >= 4 is 39.9 Å². The Morgan fingerprint density at radius 2 is 2.00 bits per heavy atom. The van der Waals surface area contributed by atoms with Crippen LogP contribution in [0.1, 0.15) is 27.7 Å². The first-order chi connectivity index (χ1) is 16.9. The molecule has 35 heavy (non-hydrogen) atoms. The fraction of sp³-hybridized carbons (Fsp3) is 0.0769. The van der Waals surface area contributed by atoms with E-state index >= 15 is 0 Å². The minimum Gasteiger partial charge on any atom is -0.503 e. The Balaban J connectivity index is 1.65. The lowest BCUT2D eigenvalue weighted by molar-refractivity contribution is -0.117. The quantitative estimate of drug-likeness (QED) is 0.389. The van der Waals surface area contributed by atoms with Crippen LogP contribution in [0.15, 0.2) is 82.7 Å². The number of nitrogens with zero attached hydrogens (tertiary/aromatic N) is 3. The van der Waals surface area contributed by atoms with Crippen molar-refractivity contribution in [1.29, 1.82) is 5.26 Å². The molecule has 0 bridgehead atoms. The van der Waals surface area contributed by atoms with Crippen molar-refractivity contribution in [3.63, 3.8) is 0 Å². The molecule has 0 spiro atoms. The number of methoxy groups -OCH3 is 1. The van der Waals surface area contributed by atoms with E-state index in [9.17, 15) is 14.7 Å². The maximum Gasteiger partial charge on any atom is 0.294 e. The van der Waals surface area contributed by atoms with Gasteiger partial charge in [-0.25, -0.2) is 0 Å². The number of ether oxygens (including phenoxy) is 1. The number of carbonyl (C=O) groups is 2. The smallest absolute Gasteiger partial charge is 0.294 e. The summed E-state index contributed by atoms with van der Waals surface area (Å²) in [4.78, 5) is 32.3. The van der Waals surface area contributed by atoms with Gasteiger partial charge in [0.15, 0.2) is 22.9 Å². The van der Waals surface area contributed by atoms with Crippen LogP contribution in [-0.2, 0) is 4.79 Å². The molecule has 9 heteroatoms. The highest BCUT2D eigenvalue weighted by molar-refractivity contribution is 6.31. The van der Waals surface area contributed by atoms with Crippen LogP contribution in [0, 0.1) is 11.3 Å². The van der Waals surface area contributed by atoms with Gasteiger partial charge in [-0.05, 0) is 48.0 Å². The summed E-state index contributed by atoms with van der Waals surface area (Å²) in [7, 11) is 1.45. The Morgan fingerprint density at radius 1 is 1.23 bits per heavy atom. The topological polar surface area (TPSA) is 117 Å². The average Bonchev–Trinajstić information content (AvgIpc) is 3.42. The molecule has 2 aromatic heterocycles. The molecule has 3 heterocycles. The van der Waals surface area contributed by atoms with Crippen LogP contribution in [0.4, 0.5) is 5.69 Å². The van der Waals surface area contributed by atoms with Gasteiger partial charge in [0.05, 0.1) is 30.4 Å². The Bertz CT molecular complexity index is 1550. The van der Waals surface area contributed by atoms with Crippen LogP contribution >= 0.6 is 11.6 Å². The molecule has 1 aliphatic heterocycles. The fourth-order valence-corrected chi connectivity index (χ4v) is 4.35. The monoisotopic (exact) mass is 485 g/mol. The van der Waals surface area contributed by atoms with Gasteiger partial charge >= 0.3 is 0 Å². The van der Waals surface area contributed by atoms with Crippen LogP contribution in [0.5, 0.6) is 5.75 Å². The molecule has 0 saturated heterocycles. The molecule has 2 aromatic carbocycles. The molecule has 1 amide bonds. The Hall–Kier alpha value is -4.61. The molecule has 1 aliphatic rings. The van der Waals surface area contributed by atoms with E-state index in [0.717, 1.165) is 0 Å². The number of amides is 1. The van der Waals surface area contributed by atoms with E-state index in [1.165, 1.54) is 24.3 Å². The van der Waals surface area contributed by atoms with Crippen LogP contribution in [0.3, 0.4) is 0 Å². The molecule has 5 rings (SSSR count). The summed E-state index contributed by atoms with van der Waals surface area (Å²) in [5.74, 6) is -1.88. The predicted molar refractivity (Wildman–Crippen MR) is 127 cm³/mol. The van der Waals surface area contributed by atoms with Gasteiger partial charge in [0.2, 0.25) is 5.78 Å². The fourth-order valence-electron chi connectivity index (χ4n) is 4.14. The summed E-state index contributed by atoms with van der Waals surface area (Å²) in [5, 5.41) is 20.9. The van der Waals surface area contributed by atoms with Crippen LogP contribution in [0.2, 0.25) is 5.02 Å². The molecular weight excluding hydrogens is 470 g/mol. The molecular formula is C26H16ClN3O5. The second-order valence-corrected chi connectivity index (χ2v) is 8.19. The molecule has 1 unspecified atom stereocenters. The largest absolute Gasteiger partial charge is 0.503 e. The van der Waals surface area contributed by atoms with E-state index in [2.05, 4.69) is 4.98 Å². The number of anilines is 1. The highest BCUT2D eigenvalue weighted by Crippen LogP contribution is 2.42. The second-order valence-electron chi connectivity index (χ2n) is 7.75. The normalized spacial score (nSPS) is 15.5. The van der Waals surface area contributed by atoms with Gasteiger partial charge < -0.3 is 14.3 Å². The average molecular weight is 486 g/mol. The van der Waals surface area contributed by atoms with Crippen molar-refractivity contribution in [2.75, 3.05) is 12.0 Å². The van der Waals surface area contributed by atoms with Gasteiger partial charge in [-0.1, -0.05) is 17.7 Å². The number of carbonyl (C=O) groups excluding carboxylic acids is 2. The minimum absolute atomic E-state index is 0.0921. The highest BCUT2D eigenvalue weighted by Gasteiger charge is 2.45. The van der Waals surface area contributed by atoms with E-state index in [4.69, 9.17) is 26.0 Å². The second kappa shape index (κ2) is 8.63. The number of halogens is 1. The summed E-state index contributed by atoms with van der Waals surface area (Å²) in [5.41, 5.74) is 1.47. The first-order valence-corrected chi connectivity index (χ1v) is 10.8. The molecule has 0 aliphatic carbocycles. The number of hydrogen-bond acceptors (Lipinski definition) is 7. The third-order valence-corrected chi connectivity index (χ3v) is 5.94. The van der Waals surface area contributed by atoms with Gasteiger partial charge in [0.25, 0.3) is 5.91 Å². The van der Waals surface area contributed by atoms with E-state index in [0.29, 0.717) is 38.6 Å². The number of ketones is 1. The summed E-state index contributed by atoms with van der Waals surface area (Å²) >= 11 is 6.14. The van der Waals surface area contributed by atoms with E-state index in [1.54, 1.807) is 54.7 Å². The number of aliphatic hydroxyl groups is 1. The van der Waals surface area contributed by atoms with Gasteiger partial charge in [-0.3, -0.25) is 19.5 Å². The number of furan rings is 1.